The molecule has 58 heavy (non-hydrogen) atoms. The highest BCUT2D eigenvalue weighted by Crippen LogP contribution is 2.40. The van der Waals surface area contributed by atoms with Crippen molar-refractivity contribution < 1.29 is 51.3 Å². The van der Waals surface area contributed by atoms with E-state index in [0.29, 0.717) is 58.4 Å². The van der Waals surface area contributed by atoms with Crippen LogP contribution in [0.2, 0.25) is 0 Å². The molecule has 0 radical (unpaired) electrons. The van der Waals surface area contributed by atoms with Gasteiger partial charge in [0.1, 0.15) is 5.78 Å². The van der Waals surface area contributed by atoms with E-state index in [-0.39, 0.29) is 59.7 Å². The molecule has 8 unspecified atom stereocenters. The molecule has 22 heteroatoms. The van der Waals surface area contributed by atoms with E-state index in [0.717, 1.165) is 51.4 Å². The van der Waals surface area contributed by atoms with Gasteiger partial charge in [0, 0.05) is 42.6 Å². The largest absolute Gasteiger partial charge is 0.481 e. The molecule has 0 aromatic rings. The second-order valence-electron chi connectivity index (χ2n) is 13.3. The molecule has 2 saturated carbocycles. The molecule has 0 bridgehead atoms. The molecule has 2 aliphatic carbocycles. The van der Waals surface area contributed by atoms with E-state index in [9.17, 15) is 38.4 Å². The van der Waals surface area contributed by atoms with E-state index in [1.807, 2.05) is 0 Å². The van der Waals surface area contributed by atoms with Crippen molar-refractivity contribution in [3.63, 3.8) is 0 Å². The summed E-state index contributed by atoms with van der Waals surface area (Å²) < 4.78 is 14.4. The normalized spacial score (nSPS) is 20.4. The average molecular weight is 937 g/mol. The van der Waals surface area contributed by atoms with Crippen molar-refractivity contribution in [2.24, 2.45) is 11.5 Å². The lowest BCUT2D eigenvalue weighted by molar-refractivity contribution is -0.135. The molecule has 2 fully saturated rings. The monoisotopic (exact) mass is 936 g/mol. The summed E-state index contributed by atoms with van der Waals surface area (Å²) in [6, 6.07) is -1.01. The smallest absolute Gasteiger partial charge is 0.313 e. The van der Waals surface area contributed by atoms with Gasteiger partial charge < -0.3 is 42.9 Å². The number of hydrogen-bond donors (Lipinski definition) is 8. The minimum absolute atomic E-state index is 0.0195. The third-order valence-corrected chi connectivity index (χ3v) is 15.4. The predicted molar refractivity (Wildman–Crippen MR) is 245 cm³/mol. The van der Waals surface area contributed by atoms with Gasteiger partial charge in [0.05, 0.1) is 48.2 Å². The minimum atomic E-state index is -0.922. The van der Waals surface area contributed by atoms with Crippen molar-refractivity contribution >= 4 is 113 Å². The number of carbonyl (C=O) groups is 8. The van der Waals surface area contributed by atoms with Gasteiger partial charge in [-0.25, -0.2) is 0 Å². The van der Waals surface area contributed by atoms with Crippen LogP contribution < -0.4 is 32.7 Å². The lowest BCUT2D eigenvalue weighted by Gasteiger charge is -2.35. The first-order chi connectivity index (χ1) is 28.3. The third kappa shape index (κ3) is 28.9. The Morgan fingerprint density at radius 3 is 1.55 bits per heavy atom. The second kappa shape index (κ2) is 35.1. The number of ketones is 3. The fourth-order valence-electron chi connectivity index (χ4n) is 4.92. The summed E-state index contributed by atoms with van der Waals surface area (Å²) in [5, 5.41) is 29.3. The molecule has 2 aliphatic rings. The van der Waals surface area contributed by atoms with Crippen LogP contribution in [0, 0.1) is 0 Å². The maximum absolute atomic E-state index is 12.1. The number of amides is 3. The van der Waals surface area contributed by atoms with Crippen molar-refractivity contribution in [3.05, 3.63) is 0 Å². The number of carbonyl (C=O) groups excluding carboxylic acids is 6. The van der Waals surface area contributed by atoms with E-state index < -0.39 is 36.3 Å². The van der Waals surface area contributed by atoms with Gasteiger partial charge in [-0.3, -0.25) is 38.4 Å². The number of carboxylic acid groups (broad SMARTS) is 2. The summed E-state index contributed by atoms with van der Waals surface area (Å²) in [5.74, 6) is -1.47. The van der Waals surface area contributed by atoms with E-state index in [4.69, 9.17) is 24.4 Å². The lowest BCUT2D eigenvalue weighted by Crippen LogP contribution is -2.44. The van der Waals surface area contributed by atoms with Gasteiger partial charge in [0.2, 0.25) is 17.7 Å². The number of nitrogens with two attached hydrogens (primary N) is 2. The number of carboxylic acids is 2. The van der Waals surface area contributed by atoms with Crippen LogP contribution >= 0.6 is 65.5 Å². The van der Waals surface area contributed by atoms with E-state index in [1.165, 1.54) is 23.5 Å². The maximum atomic E-state index is 12.1. The topological polar surface area (TPSA) is 277 Å². The van der Waals surface area contributed by atoms with Gasteiger partial charge in [0.15, 0.2) is 11.6 Å². The molecular weight excluding hydrogens is 867 g/mol. The number of rotatable bonds is 30. The van der Waals surface area contributed by atoms with Crippen LogP contribution in [0.3, 0.4) is 0 Å². The number of aliphatic carboxylic acids is 2. The van der Waals surface area contributed by atoms with Gasteiger partial charge in [-0.1, -0.05) is 6.42 Å². The molecule has 0 saturated heterocycles. The van der Waals surface area contributed by atoms with Crippen LogP contribution in [-0.2, 0) is 38.4 Å². The van der Waals surface area contributed by atoms with Gasteiger partial charge in [-0.2, -0.15) is 0 Å². The highest BCUT2D eigenvalue weighted by molar-refractivity contribution is 8.05. The summed E-state index contributed by atoms with van der Waals surface area (Å²) in [6.45, 7) is 2.47. The third-order valence-electron chi connectivity index (χ3n) is 8.53. The summed E-state index contributed by atoms with van der Waals surface area (Å²) in [5.41, 5.74) is 10.9. The number of unbranched alkanes of at least 4 members (excludes halogenated alkanes) is 2. The predicted octanol–water partition coefficient (Wildman–Crippen LogP) is 1.16. The molecular formula is C36H66N6O10P2S4. The van der Waals surface area contributed by atoms with Crippen molar-refractivity contribution in [3.8, 4) is 0 Å². The van der Waals surface area contributed by atoms with Gasteiger partial charge >= 0.3 is 11.9 Å². The first-order valence-corrected chi connectivity index (χ1v) is 24.6. The van der Waals surface area contributed by atoms with E-state index in [2.05, 4.69) is 39.7 Å². The average Bonchev–Trinajstić information content (AvgIpc) is 3.16. The van der Waals surface area contributed by atoms with Crippen LogP contribution in [0.4, 0.5) is 0 Å². The van der Waals surface area contributed by atoms with Crippen molar-refractivity contribution in [1.82, 2.24) is 21.3 Å². The van der Waals surface area contributed by atoms with Gasteiger partial charge in [-0.15, -0.1) is 65.5 Å². The molecule has 3 amide bonds. The van der Waals surface area contributed by atoms with Crippen LogP contribution in [0.1, 0.15) is 73.9 Å². The minimum Gasteiger partial charge on any atom is -0.481 e. The standard InChI is InChI=1S/C19H34N3O4PS2.C9H20N3O2P.C8H12O4S2/c1-13(23)11-28-16-6-7-17(16)29-12-18(25)21-8-4-3-5-15(20-2)19(26)22-9-14(24)10-27;10-4-2-1-3-8(11)9(14)12-5-7(13)6-15;9-7(10)3-13-5-1-2-6(5)14-4-8(11)12/h15-17,20H,3-12,27H2,1-2H3,(H,21,25)(H,22,26);8H,1-6,10-11,15H2,(H,12,14);5-6H,1-4H2,(H,9,10)(H,11,12)/t15-,16?,17?;8-;/m00./s1/i10T;6T;/t10?,15-,16?,17?;6?,8-;. The molecule has 0 aromatic carbocycles. The number of likely N-dealkylation sites (N-methyl/N-ethyl adjacent to an activating group) is 1. The molecule has 0 heterocycles. The second-order valence-corrected chi connectivity index (χ2v) is 18.9. The maximum Gasteiger partial charge on any atom is 0.313 e. The Bertz CT molecular complexity index is 1340. The zero-order valence-electron chi connectivity index (χ0n) is 35.4. The number of nitrogens with one attached hydrogen (secondary N) is 4. The molecule has 10 N–H and O–H groups in total. The van der Waals surface area contributed by atoms with Crippen LogP contribution in [0.15, 0.2) is 0 Å². The zero-order chi connectivity index (χ0) is 45.6. The van der Waals surface area contributed by atoms with E-state index in [1.54, 1.807) is 37.5 Å². The summed E-state index contributed by atoms with van der Waals surface area (Å²) >= 11 is 6.20. The zero-order valence-corrected chi connectivity index (χ0v) is 39.0. The molecule has 2 rings (SSSR count). The molecule has 16 nitrogen and oxygen atoms in total. The number of Topliss-reactive ketones (excluding diaryl/α,β-unsaturated/α-hetero) is 3. The molecule has 334 valence electrons. The Hall–Kier alpha value is -1.50. The molecule has 0 spiro atoms. The molecule has 10 atom stereocenters. The SMILES string of the molecule is O=C(O)CSC1CCC1SCC(=O)O.[3H]C(P)C(=O)CNC(=O)[C@@H](N)CCCCN.[3H]C(P)C(=O)CNC(=O)[C@H](CCCCNC(=O)CSC1CCC1SCC(C)=O)NC. The van der Waals surface area contributed by atoms with Crippen molar-refractivity contribution in [2.45, 2.75) is 104 Å². The Labute approximate surface area is 367 Å². The molecule has 0 aliphatic heterocycles. The Morgan fingerprint density at radius 1 is 0.690 bits per heavy atom. The van der Waals surface area contributed by atoms with Crippen LogP contribution in [-0.4, -0.2) is 159 Å². The Balaban J connectivity index is 0.000000971. The highest BCUT2D eigenvalue weighted by atomic mass is 32.2. The number of thioether (sulfide) groups is 4. The number of hydrogen-bond acceptors (Lipinski definition) is 15. The van der Waals surface area contributed by atoms with Crippen molar-refractivity contribution in [2.75, 3.05) is 68.5 Å². The Morgan fingerprint density at radius 2 is 1.14 bits per heavy atom. The quantitative estimate of drug-likeness (QED) is 0.0371. The first-order valence-electron chi connectivity index (χ1n) is 20.2. The summed E-state index contributed by atoms with van der Waals surface area (Å²) in [4.78, 5) is 89.6. The lowest BCUT2D eigenvalue weighted by atomic mass is 9.99. The van der Waals surface area contributed by atoms with Crippen LogP contribution in [0.25, 0.3) is 0 Å². The summed E-state index contributed by atoms with van der Waals surface area (Å²) in [7, 11) is 5.84. The van der Waals surface area contributed by atoms with Crippen molar-refractivity contribution in [1.29, 1.82) is 0 Å². The fraction of sp³-hybridized carbons (Fsp3) is 0.778. The summed E-state index contributed by atoms with van der Waals surface area (Å²) in [6.07, 6.45) is 6.74. The molecule has 0 aromatic heterocycles. The Kier molecular flexibility index (Phi) is 31.9. The fourth-order valence-corrected chi connectivity index (χ4v) is 10.3. The van der Waals surface area contributed by atoms with E-state index >= 15 is 0 Å². The van der Waals surface area contributed by atoms with Crippen LogP contribution in [0.5, 0.6) is 0 Å². The van der Waals surface area contributed by atoms with Gasteiger partial charge in [-0.05, 0) is 78.3 Å². The van der Waals surface area contributed by atoms with Gasteiger partial charge in [0.25, 0.3) is 0 Å². The highest BCUT2D eigenvalue weighted by Gasteiger charge is 2.33. The first kappa shape index (κ1) is 52.6.